The molecule has 0 spiro atoms. The molecule has 2 rings (SSSR count). The number of esters is 1. The van der Waals surface area contributed by atoms with Gasteiger partial charge in [0.1, 0.15) is 11.4 Å². The molecule has 0 fully saturated rings. The first-order valence-electron chi connectivity index (χ1n) is 6.09. The lowest BCUT2D eigenvalue weighted by molar-refractivity contribution is 0.00729. The number of benzene rings is 1. The average Bonchev–Trinajstić information content (AvgIpc) is 2.65. The van der Waals surface area contributed by atoms with E-state index in [1.807, 2.05) is 0 Å². The summed E-state index contributed by atoms with van der Waals surface area (Å²) in [6, 6.07) is 3.78. The van der Waals surface area contributed by atoms with E-state index in [-0.39, 0.29) is 16.5 Å². The van der Waals surface area contributed by atoms with Gasteiger partial charge in [0, 0.05) is 10.9 Å². The predicted octanol–water partition coefficient (Wildman–Crippen LogP) is 0.942. The first-order valence-corrected chi connectivity index (χ1v) is 6.09. The van der Waals surface area contributed by atoms with Crippen LogP contribution in [-0.4, -0.2) is 33.7 Å². The molecule has 0 saturated heterocycles. The summed E-state index contributed by atoms with van der Waals surface area (Å²) in [7, 11) is -1.88. The van der Waals surface area contributed by atoms with Crippen molar-refractivity contribution in [3.63, 3.8) is 0 Å². The van der Waals surface area contributed by atoms with E-state index < -0.39 is 24.5 Å². The predicted molar refractivity (Wildman–Crippen MR) is 73.3 cm³/mol. The zero-order chi connectivity index (χ0) is 15.1. The van der Waals surface area contributed by atoms with E-state index in [1.165, 1.54) is 12.1 Å². The molecule has 7 heteroatoms. The van der Waals surface area contributed by atoms with Crippen molar-refractivity contribution >= 4 is 29.6 Å². The van der Waals surface area contributed by atoms with E-state index in [1.54, 1.807) is 20.8 Å². The smallest absolute Gasteiger partial charge is 0.456 e. The normalized spacial score (nSPS) is 11.7. The third-order valence-corrected chi connectivity index (χ3v) is 2.65. The molecule has 5 nitrogen and oxygen atoms in total. The van der Waals surface area contributed by atoms with Crippen molar-refractivity contribution in [2.75, 3.05) is 0 Å². The molecule has 0 amide bonds. The first kappa shape index (κ1) is 14.6. The maximum Gasteiger partial charge on any atom is 0.506 e. The third-order valence-electron chi connectivity index (χ3n) is 2.65. The van der Waals surface area contributed by atoms with Crippen molar-refractivity contribution < 1.29 is 24.0 Å². The lowest BCUT2D eigenvalue weighted by Gasteiger charge is -2.19. The second kappa shape index (κ2) is 4.92. The molecule has 2 aromatic rings. The highest BCUT2D eigenvalue weighted by Crippen LogP contribution is 2.21. The first-order chi connectivity index (χ1) is 9.19. The van der Waals surface area contributed by atoms with Gasteiger partial charge < -0.3 is 19.8 Å². The fourth-order valence-corrected chi connectivity index (χ4v) is 1.93. The number of nitrogens with one attached hydrogen (secondary N) is 1. The van der Waals surface area contributed by atoms with Gasteiger partial charge >= 0.3 is 13.1 Å². The minimum atomic E-state index is -1.88. The molecule has 0 bridgehead atoms. The molecule has 0 aliphatic carbocycles. The van der Waals surface area contributed by atoms with E-state index in [0.29, 0.717) is 5.52 Å². The minimum absolute atomic E-state index is 0.0653. The monoisotopic (exact) mass is 279 g/mol. The highest BCUT2D eigenvalue weighted by Gasteiger charge is 2.29. The van der Waals surface area contributed by atoms with Gasteiger partial charge in [0.2, 0.25) is 0 Å². The highest BCUT2D eigenvalue weighted by molar-refractivity contribution is 6.60. The van der Waals surface area contributed by atoms with Crippen molar-refractivity contribution in [1.82, 2.24) is 4.98 Å². The van der Waals surface area contributed by atoms with E-state index in [0.717, 1.165) is 6.07 Å². The summed E-state index contributed by atoms with van der Waals surface area (Å²) < 4.78 is 18.6. The maximum atomic E-state index is 13.3. The van der Waals surface area contributed by atoms with Crippen molar-refractivity contribution in [2.24, 2.45) is 0 Å². The quantitative estimate of drug-likeness (QED) is 0.564. The molecule has 106 valence electrons. The van der Waals surface area contributed by atoms with Crippen LogP contribution in [0.5, 0.6) is 0 Å². The molecule has 0 atom stereocenters. The standard InChI is InChI=1S/C13H15BFNO4/c1-13(2,3)20-12(17)10-8-6-7(15)4-5-9(8)16-11(10)14(18)19/h4-6,16,18-19H,1-3H3. The van der Waals surface area contributed by atoms with Gasteiger partial charge in [-0.3, -0.25) is 0 Å². The van der Waals surface area contributed by atoms with Crippen molar-refractivity contribution in [3.05, 3.63) is 29.6 Å². The summed E-state index contributed by atoms with van der Waals surface area (Å²) in [5.41, 5.74) is -0.495. The number of carbonyl (C=O) groups excluding carboxylic acids is 1. The van der Waals surface area contributed by atoms with Crippen LogP contribution in [0.1, 0.15) is 31.1 Å². The number of rotatable bonds is 2. The lowest BCUT2D eigenvalue weighted by atomic mass is 9.83. The van der Waals surface area contributed by atoms with E-state index >= 15 is 0 Å². The molecule has 1 aromatic heterocycles. The molecule has 1 aromatic carbocycles. The number of hydrogen-bond donors (Lipinski definition) is 3. The Balaban J connectivity index is 2.62. The summed E-state index contributed by atoms with van der Waals surface area (Å²) in [6.45, 7) is 5.07. The van der Waals surface area contributed by atoms with Crippen LogP contribution in [0.2, 0.25) is 0 Å². The van der Waals surface area contributed by atoms with Gasteiger partial charge in [-0.25, -0.2) is 9.18 Å². The number of aromatic amines is 1. The van der Waals surface area contributed by atoms with Gasteiger partial charge in [-0.1, -0.05) is 0 Å². The van der Waals surface area contributed by atoms with Gasteiger partial charge in [0.25, 0.3) is 0 Å². The number of H-pyrrole nitrogens is 1. The second-order valence-corrected chi connectivity index (χ2v) is 5.48. The van der Waals surface area contributed by atoms with Crippen molar-refractivity contribution in [2.45, 2.75) is 26.4 Å². The number of ether oxygens (including phenoxy) is 1. The van der Waals surface area contributed by atoms with Crippen LogP contribution in [0, 0.1) is 5.82 Å². The zero-order valence-electron chi connectivity index (χ0n) is 11.4. The van der Waals surface area contributed by atoms with Crippen LogP contribution >= 0.6 is 0 Å². The van der Waals surface area contributed by atoms with Crippen molar-refractivity contribution in [3.8, 4) is 0 Å². The molecule has 0 unspecified atom stereocenters. The number of halogens is 1. The average molecular weight is 279 g/mol. The molecular formula is C13H15BFNO4. The fraction of sp³-hybridized carbons (Fsp3) is 0.308. The maximum absolute atomic E-state index is 13.3. The number of hydrogen-bond acceptors (Lipinski definition) is 4. The summed E-state index contributed by atoms with van der Waals surface area (Å²) in [5, 5.41) is 18.9. The Kier molecular flexibility index (Phi) is 3.58. The minimum Gasteiger partial charge on any atom is -0.456 e. The Morgan fingerprint density at radius 1 is 1.35 bits per heavy atom. The molecule has 0 aliphatic rings. The van der Waals surface area contributed by atoms with Crippen molar-refractivity contribution in [1.29, 1.82) is 0 Å². The fourth-order valence-electron chi connectivity index (χ4n) is 1.93. The van der Waals surface area contributed by atoms with Crippen LogP contribution in [-0.2, 0) is 4.74 Å². The van der Waals surface area contributed by atoms with Crippen LogP contribution in [0.25, 0.3) is 10.9 Å². The molecule has 0 radical (unpaired) electrons. The van der Waals surface area contributed by atoms with Gasteiger partial charge in [0.05, 0.1) is 11.2 Å². The largest absolute Gasteiger partial charge is 0.506 e. The summed E-state index contributed by atoms with van der Waals surface area (Å²) in [6.07, 6.45) is 0. The summed E-state index contributed by atoms with van der Waals surface area (Å²) in [4.78, 5) is 14.9. The van der Waals surface area contributed by atoms with Crippen LogP contribution < -0.4 is 5.59 Å². The third kappa shape index (κ3) is 2.83. The van der Waals surface area contributed by atoms with Crippen LogP contribution in [0.4, 0.5) is 4.39 Å². The Morgan fingerprint density at radius 2 is 2.00 bits per heavy atom. The van der Waals surface area contributed by atoms with Gasteiger partial charge in [-0.2, -0.15) is 0 Å². The lowest BCUT2D eigenvalue weighted by Crippen LogP contribution is -2.37. The molecule has 3 N–H and O–H groups in total. The van der Waals surface area contributed by atoms with E-state index in [4.69, 9.17) is 4.74 Å². The summed E-state index contributed by atoms with van der Waals surface area (Å²) in [5.74, 6) is -1.27. The molecule has 0 aliphatic heterocycles. The molecule has 0 saturated carbocycles. The number of carbonyl (C=O) groups is 1. The van der Waals surface area contributed by atoms with Crippen LogP contribution in [0.3, 0.4) is 0 Å². The number of fused-ring (bicyclic) bond motifs is 1. The van der Waals surface area contributed by atoms with E-state index in [2.05, 4.69) is 4.98 Å². The summed E-state index contributed by atoms with van der Waals surface area (Å²) >= 11 is 0. The van der Waals surface area contributed by atoms with Gasteiger partial charge in [0.15, 0.2) is 0 Å². The Labute approximate surface area is 115 Å². The Morgan fingerprint density at radius 3 is 2.55 bits per heavy atom. The zero-order valence-corrected chi connectivity index (χ0v) is 11.4. The second-order valence-electron chi connectivity index (χ2n) is 5.48. The topological polar surface area (TPSA) is 82.6 Å². The SMILES string of the molecule is CC(C)(C)OC(=O)c1c(B(O)O)[nH]c2ccc(F)cc12. The Hall–Kier alpha value is -1.86. The number of aromatic nitrogens is 1. The van der Waals surface area contributed by atoms with Gasteiger partial charge in [-0.05, 0) is 39.0 Å². The van der Waals surface area contributed by atoms with Crippen LogP contribution in [0.15, 0.2) is 18.2 Å². The van der Waals surface area contributed by atoms with E-state index in [9.17, 15) is 19.2 Å². The molecule has 1 heterocycles. The van der Waals surface area contributed by atoms with Gasteiger partial charge in [-0.15, -0.1) is 0 Å². The Bertz CT molecular complexity index is 660. The highest BCUT2D eigenvalue weighted by atomic mass is 19.1. The molecular weight excluding hydrogens is 264 g/mol. The molecule has 20 heavy (non-hydrogen) atoms.